The Bertz CT molecular complexity index is 1010. The molecule has 0 aromatic carbocycles. The maximum atomic E-state index is 13.5. The molecule has 0 spiro atoms. The number of rotatable bonds is 16. The quantitative estimate of drug-likeness (QED) is 0.0897. The summed E-state index contributed by atoms with van der Waals surface area (Å²) in [5, 5.41) is 2.85. The van der Waals surface area contributed by atoms with Crippen molar-refractivity contribution >= 4 is 31.7 Å². The lowest BCUT2D eigenvalue weighted by Crippen LogP contribution is -2.54. The molecule has 0 aliphatic carbocycles. The van der Waals surface area contributed by atoms with E-state index in [4.69, 9.17) is 24.5 Å². The Kier molecular flexibility index (Phi) is 15.5. The molecule has 2 heterocycles. The number of nitrogens with one attached hydrogen (secondary N) is 1. The molecule has 0 bridgehead atoms. The van der Waals surface area contributed by atoms with Gasteiger partial charge in [0.15, 0.2) is 11.7 Å². The number of nitrogens with two attached hydrogens (primary N) is 1. The molecule has 13 heteroatoms. The molecule has 4 unspecified atom stereocenters. The Morgan fingerprint density at radius 2 is 2.05 bits per heavy atom. The van der Waals surface area contributed by atoms with E-state index in [2.05, 4.69) is 47.1 Å². The van der Waals surface area contributed by atoms with E-state index in [0.717, 1.165) is 12.8 Å². The van der Waals surface area contributed by atoms with E-state index >= 15 is 0 Å². The summed E-state index contributed by atoms with van der Waals surface area (Å²) in [5.74, 6) is -0.262. The fraction of sp³-hybridized carbons (Fsp3) is 0.630. The van der Waals surface area contributed by atoms with E-state index in [0.29, 0.717) is 19.0 Å². The summed E-state index contributed by atoms with van der Waals surface area (Å²) < 4.78 is 35.5. The highest BCUT2D eigenvalue weighted by Crippen LogP contribution is 2.45. The van der Waals surface area contributed by atoms with Gasteiger partial charge in [-0.3, -0.25) is 14.4 Å². The van der Waals surface area contributed by atoms with E-state index in [-0.39, 0.29) is 37.2 Å². The SMILES string of the molecule is C=C/C=C\C(=C)OP(=O)(COCCN1C=NC2C(OC)=NC(N)=NC21C)NCC(C)C(=O)OCCCC.CCC. The second-order valence-electron chi connectivity index (χ2n) is 9.43. The highest BCUT2D eigenvalue weighted by atomic mass is 31.2. The summed E-state index contributed by atoms with van der Waals surface area (Å²) in [7, 11) is -2.07. The van der Waals surface area contributed by atoms with Gasteiger partial charge in [-0.15, -0.1) is 0 Å². The molecule has 2 aliphatic heterocycles. The van der Waals surface area contributed by atoms with Crippen LogP contribution < -0.4 is 10.8 Å². The fourth-order valence-corrected chi connectivity index (χ4v) is 5.09. The van der Waals surface area contributed by atoms with Gasteiger partial charge < -0.3 is 29.4 Å². The molecule has 12 nitrogen and oxygen atoms in total. The number of guanidine groups is 1. The first-order valence-corrected chi connectivity index (χ1v) is 15.3. The van der Waals surface area contributed by atoms with E-state index in [1.807, 2.05) is 18.7 Å². The number of esters is 1. The number of unbranched alkanes of at least 4 members (excludes halogenated alkanes) is 1. The third-order valence-corrected chi connectivity index (χ3v) is 7.38. The van der Waals surface area contributed by atoms with Crippen molar-refractivity contribution in [2.75, 3.05) is 39.8 Å². The summed E-state index contributed by atoms with van der Waals surface area (Å²) in [5.41, 5.74) is 5.06. The number of carbonyl (C=O) groups is 1. The Morgan fingerprint density at radius 3 is 2.67 bits per heavy atom. The van der Waals surface area contributed by atoms with Crippen molar-refractivity contribution < 1.29 is 28.1 Å². The lowest BCUT2D eigenvalue weighted by Gasteiger charge is -2.37. The van der Waals surface area contributed by atoms with Crippen LogP contribution in [-0.4, -0.2) is 80.5 Å². The molecular formula is C27H47N6O6P. The average molecular weight is 583 g/mol. The summed E-state index contributed by atoms with van der Waals surface area (Å²) in [6.07, 6.45) is 9.04. The average Bonchev–Trinajstić information content (AvgIpc) is 3.24. The van der Waals surface area contributed by atoms with E-state index in [1.54, 1.807) is 25.4 Å². The zero-order valence-electron chi connectivity index (χ0n) is 24.8. The number of methoxy groups -OCH3 is 1. The molecule has 0 aromatic rings. The largest absolute Gasteiger partial charge is 0.482 e. The van der Waals surface area contributed by atoms with Gasteiger partial charge in [0.1, 0.15) is 12.1 Å². The molecule has 2 rings (SSSR count). The second kappa shape index (κ2) is 17.7. The standard InChI is InChI=1S/C24H39N6O6P.C3H8/c1-7-9-11-19(4)36-37(32,27-15-18(3)22(31)35-13-10-8-2)17-34-14-12-30-16-26-20-21(33-6)28-23(25)29-24(20,30)5;1-3-2/h7,9,11,16,18,20H,1,4,8,10,12-15,17H2,2-3,5-6H3,(H2,25,29)(H,27,32);3H2,1-2H3/b11-9-;. The third-order valence-electron chi connectivity index (χ3n) is 5.67. The molecule has 3 N–H and O–H groups in total. The fourth-order valence-electron chi connectivity index (χ4n) is 3.52. The first kappa shape index (κ1) is 35.1. The smallest absolute Gasteiger partial charge is 0.341 e. The molecule has 0 saturated carbocycles. The van der Waals surface area contributed by atoms with E-state index in [1.165, 1.54) is 19.6 Å². The highest BCUT2D eigenvalue weighted by molar-refractivity contribution is 7.56. The molecule has 0 radical (unpaired) electrons. The molecule has 226 valence electrons. The van der Waals surface area contributed by atoms with Crippen LogP contribution in [0.15, 0.2) is 52.1 Å². The third kappa shape index (κ3) is 10.9. The molecule has 0 saturated heterocycles. The van der Waals surface area contributed by atoms with Gasteiger partial charge in [-0.2, -0.15) is 4.99 Å². The highest BCUT2D eigenvalue weighted by Gasteiger charge is 2.48. The van der Waals surface area contributed by atoms with Crippen molar-refractivity contribution in [3.63, 3.8) is 0 Å². The Hall–Kier alpha value is -2.95. The number of carbonyl (C=O) groups excluding carboxylic acids is 1. The lowest BCUT2D eigenvalue weighted by molar-refractivity contribution is -0.147. The van der Waals surface area contributed by atoms with Crippen LogP contribution in [0.3, 0.4) is 0 Å². The van der Waals surface area contributed by atoms with E-state index in [9.17, 15) is 9.36 Å². The minimum absolute atomic E-state index is 0.0791. The monoisotopic (exact) mass is 582 g/mol. The van der Waals surface area contributed by atoms with Crippen molar-refractivity contribution in [1.29, 1.82) is 0 Å². The normalized spacial score (nSPS) is 21.8. The lowest BCUT2D eigenvalue weighted by atomic mass is 10.0. The molecule has 0 amide bonds. The predicted molar refractivity (Wildman–Crippen MR) is 160 cm³/mol. The van der Waals surface area contributed by atoms with Gasteiger partial charge in [-0.1, -0.05) is 65.8 Å². The van der Waals surface area contributed by atoms with Crippen molar-refractivity contribution in [2.24, 2.45) is 26.6 Å². The summed E-state index contributed by atoms with van der Waals surface area (Å²) in [6, 6.07) is -0.431. The van der Waals surface area contributed by atoms with Gasteiger partial charge in [0.05, 0.1) is 32.6 Å². The minimum atomic E-state index is -3.58. The number of ether oxygens (including phenoxy) is 3. The van der Waals surface area contributed by atoms with Gasteiger partial charge in [-0.25, -0.2) is 10.1 Å². The van der Waals surface area contributed by atoms with Gasteiger partial charge in [0, 0.05) is 13.1 Å². The van der Waals surface area contributed by atoms with Crippen LogP contribution in [0, 0.1) is 5.92 Å². The zero-order valence-corrected chi connectivity index (χ0v) is 25.7. The van der Waals surface area contributed by atoms with Gasteiger partial charge >= 0.3 is 13.5 Å². The Balaban J connectivity index is 0.00000254. The first-order chi connectivity index (χ1) is 19.0. The number of hydrogen-bond acceptors (Lipinski definition) is 11. The molecule has 40 heavy (non-hydrogen) atoms. The molecular weight excluding hydrogens is 535 g/mol. The Morgan fingerprint density at radius 1 is 1.35 bits per heavy atom. The maximum Gasteiger partial charge on any atom is 0.341 e. The summed E-state index contributed by atoms with van der Waals surface area (Å²) in [6.45, 7) is 18.2. The van der Waals surface area contributed by atoms with Crippen molar-refractivity contribution in [3.8, 4) is 0 Å². The number of allylic oxidation sites excluding steroid dienone is 3. The van der Waals surface area contributed by atoms with Crippen LogP contribution in [-0.2, 0) is 28.1 Å². The molecule has 2 aliphatic rings. The minimum Gasteiger partial charge on any atom is -0.482 e. The van der Waals surface area contributed by atoms with Crippen LogP contribution in [0.4, 0.5) is 0 Å². The first-order valence-electron chi connectivity index (χ1n) is 13.5. The number of hydrogen-bond donors (Lipinski definition) is 2. The number of nitrogens with zero attached hydrogens (tertiary/aromatic N) is 4. The van der Waals surface area contributed by atoms with Crippen LogP contribution in [0.25, 0.3) is 0 Å². The van der Waals surface area contributed by atoms with Crippen molar-refractivity contribution in [1.82, 2.24) is 9.99 Å². The molecule has 0 aromatic heterocycles. The number of fused-ring (bicyclic) bond motifs is 1. The number of aliphatic imine (C=N–C) groups is 3. The predicted octanol–water partition coefficient (Wildman–Crippen LogP) is 4.21. The molecule has 4 atom stereocenters. The van der Waals surface area contributed by atoms with Gasteiger partial charge in [-0.05, 0) is 19.4 Å². The molecule has 0 fully saturated rings. The summed E-state index contributed by atoms with van der Waals surface area (Å²) in [4.78, 5) is 27.1. The topological polar surface area (TPSA) is 149 Å². The Labute approximate surface area is 239 Å². The van der Waals surface area contributed by atoms with Crippen LogP contribution in [0.5, 0.6) is 0 Å². The van der Waals surface area contributed by atoms with Crippen LogP contribution >= 0.6 is 7.52 Å². The van der Waals surface area contributed by atoms with Crippen LogP contribution in [0.2, 0.25) is 0 Å². The van der Waals surface area contributed by atoms with Gasteiger partial charge in [0.25, 0.3) is 0 Å². The maximum absolute atomic E-state index is 13.5. The zero-order chi connectivity index (χ0) is 30.2. The van der Waals surface area contributed by atoms with Crippen LogP contribution in [0.1, 0.15) is 53.9 Å². The van der Waals surface area contributed by atoms with Crippen molar-refractivity contribution in [3.05, 3.63) is 37.1 Å². The van der Waals surface area contributed by atoms with Crippen molar-refractivity contribution in [2.45, 2.75) is 65.6 Å². The van der Waals surface area contributed by atoms with Gasteiger partial charge in [0.2, 0.25) is 11.9 Å². The van der Waals surface area contributed by atoms with E-state index < -0.39 is 25.1 Å². The second-order valence-corrected chi connectivity index (χ2v) is 11.5. The summed E-state index contributed by atoms with van der Waals surface area (Å²) >= 11 is 0.